The Labute approximate surface area is 150 Å². The highest BCUT2D eigenvalue weighted by atomic mass is 32.1. The smallest absolute Gasteiger partial charge is 0.214 e. The largest absolute Gasteiger partial charge is 0.493 e. The standard InChI is InChI=1S/C17H22N4O3S/c1-10(2)8-18-16-20-21-9-12(19-17(21)25-16)11-6-13(22-3)15(24-5)14(7-11)23-4/h6-7,9-10H,8H2,1-5H3,(H,18,20). The summed E-state index contributed by atoms with van der Waals surface area (Å²) in [6.45, 7) is 5.21. The number of ether oxygens (including phenoxy) is 3. The van der Waals surface area contributed by atoms with E-state index in [9.17, 15) is 0 Å². The number of hydrogen-bond acceptors (Lipinski definition) is 7. The molecule has 0 saturated heterocycles. The molecule has 0 saturated carbocycles. The van der Waals surface area contributed by atoms with E-state index >= 15 is 0 Å². The fraction of sp³-hybridized carbons (Fsp3) is 0.412. The van der Waals surface area contributed by atoms with Gasteiger partial charge in [-0.1, -0.05) is 25.2 Å². The van der Waals surface area contributed by atoms with Gasteiger partial charge in [0.25, 0.3) is 0 Å². The Morgan fingerprint density at radius 3 is 2.32 bits per heavy atom. The van der Waals surface area contributed by atoms with Gasteiger partial charge < -0.3 is 19.5 Å². The molecule has 0 aliphatic heterocycles. The molecular formula is C17H22N4O3S. The van der Waals surface area contributed by atoms with Crippen LogP contribution in [-0.4, -0.2) is 42.5 Å². The maximum absolute atomic E-state index is 5.41. The van der Waals surface area contributed by atoms with Crippen LogP contribution in [0, 0.1) is 5.92 Å². The zero-order valence-corrected chi connectivity index (χ0v) is 15.8. The van der Waals surface area contributed by atoms with Crippen LogP contribution < -0.4 is 19.5 Å². The summed E-state index contributed by atoms with van der Waals surface area (Å²) in [5.74, 6) is 2.32. The number of benzene rings is 1. The molecule has 0 atom stereocenters. The average molecular weight is 362 g/mol. The lowest BCUT2D eigenvalue weighted by molar-refractivity contribution is 0.324. The van der Waals surface area contributed by atoms with Gasteiger partial charge in [-0.3, -0.25) is 0 Å². The van der Waals surface area contributed by atoms with E-state index in [2.05, 4.69) is 29.2 Å². The number of rotatable bonds is 7. The summed E-state index contributed by atoms with van der Waals surface area (Å²) in [5.41, 5.74) is 1.68. The Balaban J connectivity index is 1.95. The minimum absolute atomic E-state index is 0.561. The lowest BCUT2D eigenvalue weighted by Gasteiger charge is -2.13. The van der Waals surface area contributed by atoms with E-state index in [1.165, 1.54) is 11.3 Å². The van der Waals surface area contributed by atoms with Crippen LogP contribution in [0.1, 0.15) is 13.8 Å². The number of hydrogen-bond donors (Lipinski definition) is 1. The molecule has 0 amide bonds. The van der Waals surface area contributed by atoms with Gasteiger partial charge >= 0.3 is 0 Å². The van der Waals surface area contributed by atoms with Gasteiger partial charge in [0.05, 0.1) is 33.2 Å². The van der Waals surface area contributed by atoms with Crippen LogP contribution in [-0.2, 0) is 0 Å². The molecule has 1 aromatic carbocycles. The van der Waals surface area contributed by atoms with Gasteiger partial charge in [0.1, 0.15) is 0 Å². The molecule has 0 aliphatic rings. The Kier molecular flexibility index (Phi) is 4.98. The minimum Gasteiger partial charge on any atom is -0.493 e. The van der Waals surface area contributed by atoms with Crippen molar-refractivity contribution in [3.63, 3.8) is 0 Å². The van der Waals surface area contributed by atoms with Gasteiger partial charge in [0.2, 0.25) is 15.8 Å². The number of imidazole rings is 1. The zero-order valence-electron chi connectivity index (χ0n) is 15.0. The molecular weight excluding hydrogens is 340 g/mol. The number of anilines is 1. The quantitative estimate of drug-likeness (QED) is 0.693. The third-order valence-electron chi connectivity index (χ3n) is 3.67. The van der Waals surface area contributed by atoms with Crippen LogP contribution in [0.5, 0.6) is 17.2 Å². The van der Waals surface area contributed by atoms with Gasteiger partial charge in [-0.25, -0.2) is 9.50 Å². The van der Waals surface area contributed by atoms with Crippen LogP contribution in [0.3, 0.4) is 0 Å². The average Bonchev–Trinajstić information content (AvgIpc) is 3.17. The van der Waals surface area contributed by atoms with Crippen molar-refractivity contribution in [2.75, 3.05) is 33.2 Å². The van der Waals surface area contributed by atoms with Gasteiger partial charge in [0.15, 0.2) is 11.5 Å². The van der Waals surface area contributed by atoms with E-state index < -0.39 is 0 Å². The molecule has 7 nitrogen and oxygen atoms in total. The second kappa shape index (κ2) is 7.18. The summed E-state index contributed by atoms with van der Waals surface area (Å²) < 4.78 is 18.0. The van der Waals surface area contributed by atoms with Crippen molar-refractivity contribution < 1.29 is 14.2 Å². The molecule has 0 aliphatic carbocycles. The van der Waals surface area contributed by atoms with Crippen LogP contribution in [0.25, 0.3) is 16.2 Å². The van der Waals surface area contributed by atoms with E-state index in [0.717, 1.165) is 27.9 Å². The van der Waals surface area contributed by atoms with Crippen LogP contribution in [0.2, 0.25) is 0 Å². The molecule has 1 N–H and O–H groups in total. The van der Waals surface area contributed by atoms with Gasteiger partial charge in [-0.2, -0.15) is 0 Å². The first-order chi connectivity index (χ1) is 12.0. The van der Waals surface area contributed by atoms with Gasteiger partial charge in [-0.15, -0.1) is 5.10 Å². The number of nitrogens with zero attached hydrogens (tertiary/aromatic N) is 3. The van der Waals surface area contributed by atoms with Crippen LogP contribution >= 0.6 is 11.3 Å². The SMILES string of the molecule is COc1cc(-c2cn3nc(NCC(C)C)sc3n2)cc(OC)c1OC. The molecule has 3 rings (SSSR count). The number of fused-ring (bicyclic) bond motifs is 1. The normalized spacial score (nSPS) is 11.1. The second-order valence-corrected chi connectivity index (χ2v) is 6.91. The molecule has 3 aromatic rings. The number of aromatic nitrogens is 3. The Morgan fingerprint density at radius 1 is 1.12 bits per heavy atom. The summed E-state index contributed by atoms with van der Waals surface area (Å²) >= 11 is 1.52. The van der Waals surface area contributed by atoms with Crippen molar-refractivity contribution in [1.82, 2.24) is 14.6 Å². The Hall–Kier alpha value is -2.48. The molecule has 134 valence electrons. The molecule has 2 aromatic heterocycles. The Bertz CT molecular complexity index is 816. The lowest BCUT2D eigenvalue weighted by Crippen LogP contribution is -2.07. The predicted molar refractivity (Wildman–Crippen MR) is 99.3 cm³/mol. The maximum Gasteiger partial charge on any atom is 0.214 e. The van der Waals surface area contributed by atoms with Crippen molar-refractivity contribution in [3.8, 4) is 28.5 Å². The van der Waals surface area contributed by atoms with Crippen LogP contribution in [0.15, 0.2) is 18.3 Å². The molecule has 25 heavy (non-hydrogen) atoms. The van der Waals surface area contributed by atoms with Gasteiger partial charge in [-0.05, 0) is 18.1 Å². The summed E-state index contributed by atoms with van der Waals surface area (Å²) in [6, 6.07) is 3.76. The third kappa shape index (κ3) is 3.48. The highest BCUT2D eigenvalue weighted by molar-refractivity contribution is 7.20. The molecule has 2 heterocycles. The first-order valence-electron chi connectivity index (χ1n) is 7.96. The van der Waals surface area contributed by atoms with E-state index in [4.69, 9.17) is 14.2 Å². The topological polar surface area (TPSA) is 69.9 Å². The fourth-order valence-corrected chi connectivity index (χ4v) is 3.22. The molecule has 8 heteroatoms. The molecule has 0 fully saturated rings. The first-order valence-corrected chi connectivity index (χ1v) is 8.77. The van der Waals surface area contributed by atoms with E-state index in [1.807, 2.05) is 18.3 Å². The summed E-state index contributed by atoms with van der Waals surface area (Å²) in [5, 5.41) is 8.71. The van der Waals surface area contributed by atoms with E-state index in [-0.39, 0.29) is 0 Å². The minimum atomic E-state index is 0.561. The molecule has 0 spiro atoms. The van der Waals surface area contributed by atoms with Crippen molar-refractivity contribution >= 4 is 21.4 Å². The maximum atomic E-state index is 5.41. The summed E-state index contributed by atoms with van der Waals surface area (Å²) in [7, 11) is 4.78. The van der Waals surface area contributed by atoms with E-state index in [1.54, 1.807) is 25.8 Å². The highest BCUT2D eigenvalue weighted by Gasteiger charge is 2.17. The summed E-state index contributed by atoms with van der Waals surface area (Å²) in [4.78, 5) is 5.49. The predicted octanol–water partition coefficient (Wildman–Crippen LogP) is 3.55. The van der Waals surface area contributed by atoms with Crippen molar-refractivity contribution in [2.24, 2.45) is 5.92 Å². The lowest BCUT2D eigenvalue weighted by atomic mass is 10.1. The molecule has 0 radical (unpaired) electrons. The summed E-state index contributed by atoms with van der Waals surface area (Å²) in [6.07, 6.45) is 1.90. The van der Waals surface area contributed by atoms with Gasteiger partial charge in [0, 0.05) is 12.1 Å². The number of methoxy groups -OCH3 is 3. The number of nitrogens with one attached hydrogen (secondary N) is 1. The van der Waals surface area contributed by atoms with E-state index in [0.29, 0.717) is 23.2 Å². The monoisotopic (exact) mass is 362 g/mol. The van der Waals surface area contributed by atoms with Crippen molar-refractivity contribution in [2.45, 2.75) is 13.8 Å². The zero-order chi connectivity index (χ0) is 18.0. The molecule has 0 bridgehead atoms. The van der Waals surface area contributed by atoms with Crippen molar-refractivity contribution in [1.29, 1.82) is 0 Å². The van der Waals surface area contributed by atoms with Crippen molar-refractivity contribution in [3.05, 3.63) is 18.3 Å². The fourth-order valence-electron chi connectivity index (χ4n) is 2.43. The Morgan fingerprint density at radius 2 is 1.80 bits per heavy atom. The molecule has 0 unspecified atom stereocenters. The first kappa shape index (κ1) is 17.3. The highest BCUT2D eigenvalue weighted by Crippen LogP contribution is 2.41. The van der Waals surface area contributed by atoms with Crippen LogP contribution in [0.4, 0.5) is 5.13 Å². The second-order valence-electron chi connectivity index (χ2n) is 5.95. The third-order valence-corrected chi connectivity index (χ3v) is 4.55.